The first-order valence-corrected chi connectivity index (χ1v) is 9.99. The van der Waals surface area contributed by atoms with Crippen LogP contribution in [0.15, 0.2) is 0 Å². The lowest BCUT2D eigenvalue weighted by molar-refractivity contribution is -0.236. The highest BCUT2D eigenvalue weighted by Crippen LogP contribution is 2.19. The topological polar surface area (TPSA) is 141 Å². The van der Waals surface area contributed by atoms with Gasteiger partial charge in [-0.2, -0.15) is 0 Å². The van der Waals surface area contributed by atoms with Crippen molar-refractivity contribution in [3.8, 4) is 0 Å². The highest BCUT2D eigenvalue weighted by Gasteiger charge is 2.43. The zero-order chi connectivity index (χ0) is 21.5. The van der Waals surface area contributed by atoms with Gasteiger partial charge in [0.2, 0.25) is 0 Å². The molecule has 6 unspecified atom stereocenters. The fourth-order valence-electron chi connectivity index (χ4n) is 3.03. The number of unbranched alkanes of at least 4 members (excludes halogenated alkanes) is 1. The van der Waals surface area contributed by atoms with Gasteiger partial charge < -0.3 is 35.2 Å². The molecule has 9 heteroatoms. The smallest absolute Gasteiger partial charge is 0.323 e. The van der Waals surface area contributed by atoms with Crippen LogP contribution in [0, 0.1) is 0 Å². The lowest BCUT2D eigenvalue weighted by Gasteiger charge is -2.40. The van der Waals surface area contributed by atoms with E-state index in [1.165, 1.54) is 0 Å². The molecule has 1 heterocycles. The van der Waals surface area contributed by atoms with Gasteiger partial charge in [-0.1, -0.05) is 20.3 Å². The molecule has 9 nitrogen and oxygen atoms in total. The molecule has 1 saturated heterocycles. The van der Waals surface area contributed by atoms with Gasteiger partial charge in [-0.25, -0.2) is 0 Å². The number of ether oxygens (including phenoxy) is 2. The van der Waals surface area contributed by atoms with E-state index in [0.29, 0.717) is 19.4 Å². The Balaban J connectivity index is 2.43. The summed E-state index contributed by atoms with van der Waals surface area (Å²) in [7, 11) is 0. The van der Waals surface area contributed by atoms with Crippen LogP contribution in [0.5, 0.6) is 0 Å². The van der Waals surface area contributed by atoms with Crippen molar-refractivity contribution in [2.45, 2.75) is 102 Å². The number of carbonyl (C=O) groups excluding carboxylic acids is 1. The van der Waals surface area contributed by atoms with Crippen LogP contribution in [0.3, 0.4) is 0 Å². The van der Waals surface area contributed by atoms with Gasteiger partial charge in [0.1, 0.15) is 42.3 Å². The molecule has 0 aliphatic carbocycles. The van der Waals surface area contributed by atoms with Gasteiger partial charge >= 0.3 is 5.97 Å². The van der Waals surface area contributed by atoms with E-state index < -0.39 is 48.9 Å². The van der Waals surface area contributed by atoms with Crippen molar-refractivity contribution in [2.75, 3.05) is 13.2 Å². The first kappa shape index (κ1) is 25.2. The summed E-state index contributed by atoms with van der Waals surface area (Å²) in [5.74, 6) is -0.275. The second-order valence-corrected chi connectivity index (χ2v) is 8.61. The van der Waals surface area contributed by atoms with E-state index in [0.717, 1.165) is 6.42 Å². The summed E-state index contributed by atoms with van der Waals surface area (Å²) >= 11 is 0. The highest BCUT2D eigenvalue weighted by atomic mass is 16.6. The third kappa shape index (κ3) is 8.28. The maximum Gasteiger partial charge on any atom is 0.323 e. The fourth-order valence-corrected chi connectivity index (χ4v) is 3.03. The van der Waals surface area contributed by atoms with Crippen molar-refractivity contribution >= 4 is 5.97 Å². The van der Waals surface area contributed by atoms with E-state index in [2.05, 4.69) is 10.6 Å². The van der Waals surface area contributed by atoms with Crippen molar-refractivity contribution in [1.82, 2.24) is 10.6 Å². The number of rotatable bonds is 10. The molecular weight excluding hydrogens is 368 g/mol. The Hall–Kier alpha value is -0.810. The fraction of sp³-hybridized carbons (Fsp3) is 0.947. The van der Waals surface area contributed by atoms with E-state index in [1.54, 1.807) is 0 Å². The van der Waals surface area contributed by atoms with Crippen LogP contribution in [0.25, 0.3) is 0 Å². The average Bonchev–Trinajstić information content (AvgIpc) is 2.58. The van der Waals surface area contributed by atoms with Crippen molar-refractivity contribution in [3.05, 3.63) is 0 Å². The molecule has 0 amide bonds. The van der Waals surface area contributed by atoms with Crippen LogP contribution in [-0.2, 0) is 14.3 Å². The summed E-state index contributed by atoms with van der Waals surface area (Å²) in [6.45, 7) is 9.47. The van der Waals surface area contributed by atoms with E-state index in [9.17, 15) is 25.2 Å². The monoisotopic (exact) mass is 406 g/mol. The lowest BCUT2D eigenvalue weighted by atomic mass is 9.98. The molecular formula is C19H38N2O7. The first-order valence-electron chi connectivity index (χ1n) is 9.99. The van der Waals surface area contributed by atoms with Crippen molar-refractivity contribution < 1.29 is 34.7 Å². The number of carbonyl (C=O) groups is 1. The Morgan fingerprint density at radius 2 is 1.75 bits per heavy atom. The normalized spacial score (nSPS) is 29.7. The molecule has 0 spiro atoms. The average molecular weight is 407 g/mol. The zero-order valence-corrected chi connectivity index (χ0v) is 17.6. The Labute approximate surface area is 167 Å². The molecule has 1 aliphatic heterocycles. The SMILES string of the molecule is CC(C)NC(CCCCNC1OC(CO)C(O)C(O)C1O)C(=O)OC(C)(C)C. The van der Waals surface area contributed by atoms with E-state index >= 15 is 0 Å². The number of hydrogen-bond donors (Lipinski definition) is 6. The number of hydrogen-bond acceptors (Lipinski definition) is 9. The Bertz CT molecular complexity index is 468. The predicted molar refractivity (Wildman–Crippen MR) is 104 cm³/mol. The molecule has 0 radical (unpaired) electrons. The summed E-state index contributed by atoms with van der Waals surface area (Å²) in [6.07, 6.45) is -3.83. The summed E-state index contributed by atoms with van der Waals surface area (Å²) < 4.78 is 10.9. The molecule has 0 bridgehead atoms. The Kier molecular flexibility index (Phi) is 10.3. The molecule has 1 fully saturated rings. The minimum absolute atomic E-state index is 0.143. The molecule has 0 aromatic heterocycles. The maximum atomic E-state index is 12.4. The van der Waals surface area contributed by atoms with Crippen LogP contribution < -0.4 is 10.6 Å². The summed E-state index contributed by atoms with van der Waals surface area (Å²) in [5, 5.41) is 45.0. The molecule has 0 aromatic carbocycles. The quantitative estimate of drug-likeness (QED) is 0.204. The van der Waals surface area contributed by atoms with Crippen molar-refractivity contribution in [2.24, 2.45) is 0 Å². The Morgan fingerprint density at radius 3 is 2.29 bits per heavy atom. The summed E-state index contributed by atoms with van der Waals surface area (Å²) in [6, 6.07) is -0.253. The number of esters is 1. The molecule has 28 heavy (non-hydrogen) atoms. The van der Waals surface area contributed by atoms with Gasteiger partial charge in [0.25, 0.3) is 0 Å². The second-order valence-electron chi connectivity index (χ2n) is 8.61. The van der Waals surface area contributed by atoms with Gasteiger partial charge in [0.15, 0.2) is 0 Å². The van der Waals surface area contributed by atoms with Gasteiger partial charge in [-0.3, -0.25) is 10.1 Å². The van der Waals surface area contributed by atoms with Crippen LogP contribution in [0.4, 0.5) is 0 Å². The lowest BCUT2D eigenvalue weighted by Crippen LogP contribution is -2.62. The van der Waals surface area contributed by atoms with E-state index in [-0.39, 0.29) is 12.0 Å². The van der Waals surface area contributed by atoms with Gasteiger partial charge in [-0.15, -0.1) is 0 Å². The van der Waals surface area contributed by atoms with Crippen LogP contribution >= 0.6 is 0 Å². The zero-order valence-electron chi connectivity index (χ0n) is 17.6. The molecule has 166 valence electrons. The van der Waals surface area contributed by atoms with Gasteiger partial charge in [0, 0.05) is 6.04 Å². The first-order chi connectivity index (χ1) is 13.0. The van der Waals surface area contributed by atoms with E-state index in [1.807, 2.05) is 34.6 Å². The number of nitrogens with one attached hydrogen (secondary N) is 2. The van der Waals surface area contributed by atoms with E-state index in [4.69, 9.17) is 9.47 Å². The molecule has 6 atom stereocenters. The van der Waals surface area contributed by atoms with Crippen LogP contribution in [0.2, 0.25) is 0 Å². The third-order valence-corrected chi connectivity index (χ3v) is 4.38. The Morgan fingerprint density at radius 1 is 1.11 bits per heavy atom. The minimum atomic E-state index is -1.39. The highest BCUT2D eigenvalue weighted by molar-refractivity contribution is 5.76. The standard InChI is InChI=1S/C19H38N2O7/c1-11(2)21-12(18(26)28-19(3,4)5)8-6-7-9-20-17-16(25)15(24)14(23)13(10-22)27-17/h11-17,20-25H,6-10H2,1-5H3. The third-order valence-electron chi connectivity index (χ3n) is 4.38. The number of aliphatic hydroxyl groups is 4. The van der Waals surface area contributed by atoms with Gasteiger partial charge in [-0.05, 0) is 40.2 Å². The molecule has 0 aromatic rings. The molecule has 1 rings (SSSR count). The summed E-state index contributed by atoms with van der Waals surface area (Å²) in [4.78, 5) is 12.4. The molecule has 0 saturated carbocycles. The van der Waals surface area contributed by atoms with Crippen LogP contribution in [-0.4, -0.2) is 87.9 Å². The number of aliphatic hydroxyl groups excluding tert-OH is 4. The minimum Gasteiger partial charge on any atom is -0.459 e. The predicted octanol–water partition coefficient (Wildman–Crippen LogP) is -0.745. The van der Waals surface area contributed by atoms with Gasteiger partial charge in [0.05, 0.1) is 6.61 Å². The van der Waals surface area contributed by atoms with Crippen LogP contribution in [0.1, 0.15) is 53.9 Å². The summed E-state index contributed by atoms with van der Waals surface area (Å²) in [5.41, 5.74) is -0.543. The molecule has 1 aliphatic rings. The van der Waals surface area contributed by atoms with Crippen molar-refractivity contribution in [3.63, 3.8) is 0 Å². The largest absolute Gasteiger partial charge is 0.459 e. The molecule has 6 N–H and O–H groups in total. The maximum absolute atomic E-state index is 12.4. The second kappa shape index (κ2) is 11.4. The van der Waals surface area contributed by atoms with Crippen molar-refractivity contribution in [1.29, 1.82) is 0 Å².